The minimum Gasteiger partial charge on any atom is -0.480 e. The lowest BCUT2D eigenvalue weighted by Crippen LogP contribution is -2.30. The van der Waals surface area contributed by atoms with Gasteiger partial charge in [0, 0.05) is 17.7 Å². The Morgan fingerprint density at radius 1 is 1.43 bits per heavy atom. The summed E-state index contributed by atoms with van der Waals surface area (Å²) in [4.78, 5) is 16.7. The maximum absolute atomic E-state index is 12.5. The summed E-state index contributed by atoms with van der Waals surface area (Å²) in [5, 5.41) is 3.05. The van der Waals surface area contributed by atoms with Gasteiger partial charge < -0.3 is 14.5 Å². The molecule has 0 fully saturated rings. The van der Waals surface area contributed by atoms with Crippen molar-refractivity contribution in [1.29, 1.82) is 0 Å². The van der Waals surface area contributed by atoms with E-state index in [1.165, 1.54) is 7.11 Å². The number of furan rings is 1. The first-order chi connectivity index (χ1) is 10.2. The summed E-state index contributed by atoms with van der Waals surface area (Å²) in [5.74, 6) is 1.16. The molecule has 110 valence electrons. The molecule has 0 spiro atoms. The van der Waals surface area contributed by atoms with Crippen molar-refractivity contribution >= 4 is 5.91 Å². The van der Waals surface area contributed by atoms with Crippen molar-refractivity contribution in [3.63, 3.8) is 0 Å². The fourth-order valence-electron chi connectivity index (χ4n) is 2.73. The van der Waals surface area contributed by atoms with Crippen LogP contribution in [0.1, 0.15) is 46.3 Å². The van der Waals surface area contributed by atoms with Gasteiger partial charge in [-0.25, -0.2) is 4.98 Å². The minimum atomic E-state index is -0.168. The number of carbonyl (C=O) groups excluding carboxylic acids is 1. The number of fused-ring (bicyclic) bond motifs is 1. The fraction of sp³-hybridized carbons (Fsp3) is 0.375. The molecular formula is C16H18N2O3. The third-order valence-electron chi connectivity index (χ3n) is 3.79. The molecule has 0 saturated heterocycles. The van der Waals surface area contributed by atoms with Gasteiger partial charge in [-0.2, -0.15) is 0 Å². The lowest BCUT2D eigenvalue weighted by Gasteiger charge is -2.23. The van der Waals surface area contributed by atoms with Crippen molar-refractivity contribution < 1.29 is 13.9 Å². The highest BCUT2D eigenvalue weighted by molar-refractivity contribution is 5.96. The number of carbonyl (C=O) groups is 1. The van der Waals surface area contributed by atoms with E-state index in [0.717, 1.165) is 36.3 Å². The topological polar surface area (TPSA) is 64.4 Å². The molecule has 2 heterocycles. The van der Waals surface area contributed by atoms with Gasteiger partial charge in [0.15, 0.2) is 0 Å². The smallest absolute Gasteiger partial charge is 0.257 e. The Kier molecular flexibility index (Phi) is 3.64. The van der Waals surface area contributed by atoms with Crippen LogP contribution in [0.15, 0.2) is 28.9 Å². The zero-order chi connectivity index (χ0) is 14.8. The van der Waals surface area contributed by atoms with Gasteiger partial charge in [0.25, 0.3) is 5.91 Å². The Hall–Kier alpha value is -2.30. The molecule has 1 unspecified atom stereocenters. The number of nitrogens with one attached hydrogen (secondary N) is 1. The number of methoxy groups -OCH3 is 1. The molecule has 1 N–H and O–H groups in total. The van der Waals surface area contributed by atoms with Crippen LogP contribution in [0, 0.1) is 6.92 Å². The van der Waals surface area contributed by atoms with Gasteiger partial charge in [-0.1, -0.05) is 0 Å². The maximum Gasteiger partial charge on any atom is 0.257 e. The SMILES string of the molecule is COc1nc(C)ccc1C(=O)NC1CCCc2occc21. The van der Waals surface area contributed by atoms with Crippen LogP contribution >= 0.6 is 0 Å². The molecule has 5 heteroatoms. The standard InChI is InChI=1S/C16H18N2O3/c1-10-6-7-12(16(17-10)20-2)15(19)18-13-4-3-5-14-11(13)8-9-21-14/h6-9,13H,3-5H2,1-2H3,(H,18,19). The summed E-state index contributed by atoms with van der Waals surface area (Å²) in [6.07, 6.45) is 4.54. The molecule has 0 bridgehead atoms. The van der Waals surface area contributed by atoms with Crippen molar-refractivity contribution in [2.24, 2.45) is 0 Å². The average molecular weight is 286 g/mol. The Morgan fingerprint density at radius 3 is 3.10 bits per heavy atom. The van der Waals surface area contributed by atoms with Gasteiger partial charge in [0.2, 0.25) is 5.88 Å². The molecule has 1 aliphatic carbocycles. The second-order valence-electron chi connectivity index (χ2n) is 5.23. The quantitative estimate of drug-likeness (QED) is 0.942. The Labute approximate surface area is 123 Å². The third kappa shape index (κ3) is 2.63. The van der Waals surface area contributed by atoms with Crippen molar-refractivity contribution in [2.45, 2.75) is 32.2 Å². The normalized spacial score (nSPS) is 17.1. The molecule has 0 radical (unpaired) electrons. The highest BCUT2D eigenvalue weighted by atomic mass is 16.5. The van der Waals surface area contributed by atoms with Crippen LogP contribution in [0.3, 0.4) is 0 Å². The average Bonchev–Trinajstić information content (AvgIpc) is 2.96. The zero-order valence-electron chi connectivity index (χ0n) is 12.2. The summed E-state index contributed by atoms with van der Waals surface area (Å²) < 4.78 is 10.6. The first-order valence-corrected chi connectivity index (χ1v) is 7.08. The van der Waals surface area contributed by atoms with Gasteiger partial charge in [-0.3, -0.25) is 4.79 Å². The van der Waals surface area contributed by atoms with E-state index in [1.54, 1.807) is 12.3 Å². The van der Waals surface area contributed by atoms with E-state index < -0.39 is 0 Å². The number of hydrogen-bond acceptors (Lipinski definition) is 4. The van der Waals surface area contributed by atoms with Gasteiger partial charge in [0.1, 0.15) is 11.3 Å². The number of ether oxygens (including phenoxy) is 1. The van der Waals surface area contributed by atoms with E-state index in [0.29, 0.717) is 11.4 Å². The first-order valence-electron chi connectivity index (χ1n) is 7.08. The van der Waals surface area contributed by atoms with E-state index in [9.17, 15) is 4.79 Å². The van der Waals surface area contributed by atoms with Crippen LogP contribution in [0.4, 0.5) is 0 Å². The van der Waals surface area contributed by atoms with Crippen molar-refractivity contribution in [2.75, 3.05) is 7.11 Å². The molecule has 21 heavy (non-hydrogen) atoms. The number of nitrogens with zero attached hydrogens (tertiary/aromatic N) is 1. The molecule has 2 aromatic heterocycles. The summed E-state index contributed by atoms with van der Waals surface area (Å²) >= 11 is 0. The fourth-order valence-corrected chi connectivity index (χ4v) is 2.73. The summed E-state index contributed by atoms with van der Waals surface area (Å²) in [5.41, 5.74) is 2.35. The molecule has 3 rings (SSSR count). The largest absolute Gasteiger partial charge is 0.480 e. The number of amides is 1. The number of aryl methyl sites for hydroxylation is 2. The second-order valence-corrected chi connectivity index (χ2v) is 5.23. The zero-order valence-corrected chi connectivity index (χ0v) is 12.2. The maximum atomic E-state index is 12.5. The van der Waals surface area contributed by atoms with Crippen LogP contribution in [-0.4, -0.2) is 18.0 Å². The molecule has 5 nitrogen and oxygen atoms in total. The van der Waals surface area contributed by atoms with Crippen LogP contribution in [0.2, 0.25) is 0 Å². The van der Waals surface area contributed by atoms with E-state index in [4.69, 9.17) is 9.15 Å². The molecule has 1 amide bonds. The van der Waals surface area contributed by atoms with Gasteiger partial charge in [-0.05, 0) is 38.0 Å². The lowest BCUT2D eigenvalue weighted by atomic mass is 9.93. The molecular weight excluding hydrogens is 268 g/mol. The Balaban J connectivity index is 1.82. The molecule has 0 saturated carbocycles. The lowest BCUT2D eigenvalue weighted by molar-refractivity contribution is 0.0928. The molecule has 2 aromatic rings. The highest BCUT2D eigenvalue weighted by Gasteiger charge is 2.25. The number of pyridine rings is 1. The third-order valence-corrected chi connectivity index (χ3v) is 3.79. The molecule has 1 aliphatic rings. The van der Waals surface area contributed by atoms with E-state index in [-0.39, 0.29) is 11.9 Å². The molecule has 0 aromatic carbocycles. The van der Waals surface area contributed by atoms with Gasteiger partial charge in [0.05, 0.1) is 19.4 Å². The Morgan fingerprint density at radius 2 is 2.29 bits per heavy atom. The summed E-state index contributed by atoms with van der Waals surface area (Å²) in [7, 11) is 1.52. The number of rotatable bonds is 3. The van der Waals surface area contributed by atoms with Crippen LogP contribution in [0.5, 0.6) is 5.88 Å². The Bertz CT molecular complexity index is 663. The van der Waals surface area contributed by atoms with Crippen LogP contribution in [0.25, 0.3) is 0 Å². The van der Waals surface area contributed by atoms with Crippen molar-refractivity contribution in [3.8, 4) is 5.88 Å². The van der Waals surface area contributed by atoms with Crippen molar-refractivity contribution in [1.82, 2.24) is 10.3 Å². The summed E-state index contributed by atoms with van der Waals surface area (Å²) in [6, 6.07) is 5.48. The minimum absolute atomic E-state index is 0.00832. The predicted molar refractivity (Wildman–Crippen MR) is 77.4 cm³/mol. The number of aromatic nitrogens is 1. The van der Waals surface area contributed by atoms with Gasteiger partial charge in [-0.15, -0.1) is 0 Å². The number of hydrogen-bond donors (Lipinski definition) is 1. The predicted octanol–water partition coefficient (Wildman–Crippen LogP) is 2.80. The van der Waals surface area contributed by atoms with E-state index in [1.807, 2.05) is 19.1 Å². The van der Waals surface area contributed by atoms with Crippen LogP contribution < -0.4 is 10.1 Å². The second kappa shape index (κ2) is 5.60. The monoisotopic (exact) mass is 286 g/mol. The van der Waals surface area contributed by atoms with Crippen molar-refractivity contribution in [3.05, 3.63) is 47.0 Å². The van der Waals surface area contributed by atoms with E-state index in [2.05, 4.69) is 10.3 Å². The molecule has 1 atom stereocenters. The molecule has 0 aliphatic heterocycles. The van der Waals surface area contributed by atoms with Gasteiger partial charge >= 0.3 is 0 Å². The highest BCUT2D eigenvalue weighted by Crippen LogP contribution is 2.31. The van der Waals surface area contributed by atoms with Crippen LogP contribution in [-0.2, 0) is 6.42 Å². The van der Waals surface area contributed by atoms with E-state index >= 15 is 0 Å². The summed E-state index contributed by atoms with van der Waals surface area (Å²) in [6.45, 7) is 1.86. The first kappa shape index (κ1) is 13.7.